The minimum Gasteiger partial charge on any atom is -0.363 e. The molecule has 1 aliphatic heterocycles. The molecule has 1 unspecified atom stereocenters. The van der Waals surface area contributed by atoms with Crippen molar-refractivity contribution in [2.24, 2.45) is 4.99 Å². The van der Waals surface area contributed by atoms with E-state index < -0.39 is 0 Å². The van der Waals surface area contributed by atoms with Gasteiger partial charge in [0.2, 0.25) is 0 Å². The standard InChI is InChI=1S/C7H14N2S/c1-5(2)8-7-9-6(3)4-10-7/h5-6H,4H2,1-3H3,(H,8,9). The van der Waals surface area contributed by atoms with Gasteiger partial charge in [0.15, 0.2) is 5.17 Å². The molecule has 0 saturated heterocycles. The Morgan fingerprint density at radius 2 is 2.40 bits per heavy atom. The van der Waals surface area contributed by atoms with E-state index in [1.165, 1.54) is 0 Å². The summed E-state index contributed by atoms with van der Waals surface area (Å²) in [4.78, 5) is 4.40. The summed E-state index contributed by atoms with van der Waals surface area (Å²) in [6, 6.07) is 1.02. The first kappa shape index (κ1) is 7.92. The second-order valence-corrected chi connectivity index (χ2v) is 3.90. The van der Waals surface area contributed by atoms with Crippen LogP contribution in [-0.2, 0) is 0 Å². The molecule has 0 spiro atoms. The van der Waals surface area contributed by atoms with Crippen molar-refractivity contribution in [1.82, 2.24) is 5.32 Å². The Morgan fingerprint density at radius 1 is 1.70 bits per heavy atom. The molecule has 1 rings (SSSR count). The van der Waals surface area contributed by atoms with Gasteiger partial charge in [-0.25, -0.2) is 0 Å². The van der Waals surface area contributed by atoms with Gasteiger partial charge in [-0.1, -0.05) is 11.8 Å². The van der Waals surface area contributed by atoms with Crippen molar-refractivity contribution in [1.29, 1.82) is 0 Å². The van der Waals surface area contributed by atoms with Crippen LogP contribution in [0.3, 0.4) is 0 Å². The monoisotopic (exact) mass is 158 g/mol. The zero-order valence-electron chi connectivity index (χ0n) is 6.72. The Balaban J connectivity index is 2.35. The van der Waals surface area contributed by atoms with E-state index in [-0.39, 0.29) is 0 Å². The number of thioether (sulfide) groups is 1. The number of nitrogens with zero attached hydrogens (tertiary/aromatic N) is 1. The lowest BCUT2D eigenvalue weighted by atomic mass is 10.4. The highest BCUT2D eigenvalue weighted by Crippen LogP contribution is 2.15. The van der Waals surface area contributed by atoms with Crippen LogP contribution in [0.15, 0.2) is 4.99 Å². The molecule has 0 aliphatic carbocycles. The van der Waals surface area contributed by atoms with Gasteiger partial charge in [-0.3, -0.25) is 4.99 Å². The van der Waals surface area contributed by atoms with Crippen LogP contribution in [0.2, 0.25) is 0 Å². The Hall–Kier alpha value is -0.180. The Bertz CT molecular complexity index is 143. The fourth-order valence-corrected chi connectivity index (χ4v) is 1.85. The summed E-state index contributed by atoms with van der Waals surface area (Å²) >= 11 is 1.82. The van der Waals surface area contributed by atoms with Crippen molar-refractivity contribution in [2.75, 3.05) is 5.75 Å². The van der Waals surface area contributed by atoms with E-state index in [0.717, 1.165) is 10.9 Å². The van der Waals surface area contributed by atoms with Crippen molar-refractivity contribution < 1.29 is 0 Å². The molecule has 0 aromatic rings. The quantitative estimate of drug-likeness (QED) is 0.625. The molecule has 0 aromatic heterocycles. The molecule has 1 aliphatic rings. The van der Waals surface area contributed by atoms with E-state index in [2.05, 4.69) is 31.1 Å². The lowest BCUT2D eigenvalue weighted by Crippen LogP contribution is -2.26. The number of nitrogens with one attached hydrogen (secondary N) is 1. The molecule has 2 nitrogen and oxygen atoms in total. The fraction of sp³-hybridized carbons (Fsp3) is 0.857. The highest BCUT2D eigenvalue weighted by molar-refractivity contribution is 8.14. The number of hydrogen-bond donors (Lipinski definition) is 1. The predicted octanol–water partition coefficient (Wildman–Crippen LogP) is 1.48. The number of aliphatic imine (C=N–C) groups is 1. The van der Waals surface area contributed by atoms with Crippen molar-refractivity contribution in [3.63, 3.8) is 0 Å². The predicted molar refractivity (Wildman–Crippen MR) is 47.6 cm³/mol. The van der Waals surface area contributed by atoms with Crippen molar-refractivity contribution >= 4 is 16.9 Å². The van der Waals surface area contributed by atoms with E-state index in [0.29, 0.717) is 12.1 Å². The average molecular weight is 158 g/mol. The zero-order chi connectivity index (χ0) is 7.56. The molecule has 1 heterocycles. The van der Waals surface area contributed by atoms with Crippen LogP contribution in [-0.4, -0.2) is 23.0 Å². The third-order valence-corrected chi connectivity index (χ3v) is 2.36. The van der Waals surface area contributed by atoms with E-state index in [4.69, 9.17) is 0 Å². The molecule has 1 N–H and O–H groups in total. The smallest absolute Gasteiger partial charge is 0.157 e. The van der Waals surface area contributed by atoms with Crippen LogP contribution >= 0.6 is 11.8 Å². The first-order chi connectivity index (χ1) is 4.68. The first-order valence-electron chi connectivity index (χ1n) is 3.65. The van der Waals surface area contributed by atoms with Crippen molar-refractivity contribution in [3.8, 4) is 0 Å². The van der Waals surface area contributed by atoms with Gasteiger partial charge in [0.05, 0.1) is 6.04 Å². The Morgan fingerprint density at radius 3 is 2.80 bits per heavy atom. The minimum atomic E-state index is 0.506. The summed E-state index contributed by atoms with van der Waals surface area (Å²) in [5.41, 5.74) is 0. The third kappa shape index (κ3) is 2.21. The van der Waals surface area contributed by atoms with Gasteiger partial charge in [-0.15, -0.1) is 0 Å². The molecular weight excluding hydrogens is 144 g/mol. The summed E-state index contributed by atoms with van der Waals surface area (Å²) in [5, 5.41) is 4.40. The SMILES string of the molecule is CC1CSC(NC(C)C)=N1. The van der Waals surface area contributed by atoms with Gasteiger partial charge in [-0.2, -0.15) is 0 Å². The maximum absolute atomic E-state index is 4.40. The van der Waals surface area contributed by atoms with Crippen LogP contribution < -0.4 is 5.32 Å². The van der Waals surface area contributed by atoms with Gasteiger partial charge in [0, 0.05) is 11.8 Å². The summed E-state index contributed by atoms with van der Waals surface area (Å²) < 4.78 is 0. The summed E-state index contributed by atoms with van der Waals surface area (Å²) in [6.45, 7) is 6.40. The van der Waals surface area contributed by atoms with Crippen molar-refractivity contribution in [3.05, 3.63) is 0 Å². The number of amidine groups is 1. The lowest BCUT2D eigenvalue weighted by molar-refractivity contribution is 0.734. The van der Waals surface area contributed by atoms with Gasteiger partial charge < -0.3 is 5.32 Å². The number of hydrogen-bond acceptors (Lipinski definition) is 3. The minimum absolute atomic E-state index is 0.506. The highest BCUT2D eigenvalue weighted by Gasteiger charge is 2.13. The number of rotatable bonds is 1. The molecule has 0 amide bonds. The average Bonchev–Trinajstić information content (AvgIpc) is 2.13. The largest absolute Gasteiger partial charge is 0.363 e. The molecule has 0 radical (unpaired) electrons. The molecule has 0 bridgehead atoms. The van der Waals surface area contributed by atoms with E-state index in [1.807, 2.05) is 11.8 Å². The molecule has 0 aromatic carbocycles. The molecular formula is C7H14N2S. The van der Waals surface area contributed by atoms with Crippen molar-refractivity contribution in [2.45, 2.75) is 32.9 Å². The molecule has 1 atom stereocenters. The van der Waals surface area contributed by atoms with Gasteiger partial charge in [0.25, 0.3) is 0 Å². The highest BCUT2D eigenvalue weighted by atomic mass is 32.2. The van der Waals surface area contributed by atoms with E-state index >= 15 is 0 Å². The van der Waals surface area contributed by atoms with Crippen LogP contribution in [0.5, 0.6) is 0 Å². The summed E-state index contributed by atoms with van der Waals surface area (Å²) in [7, 11) is 0. The van der Waals surface area contributed by atoms with Gasteiger partial charge in [-0.05, 0) is 20.8 Å². The normalized spacial score (nSPS) is 25.2. The van der Waals surface area contributed by atoms with Gasteiger partial charge >= 0.3 is 0 Å². The summed E-state index contributed by atoms with van der Waals surface area (Å²) in [5.74, 6) is 1.13. The van der Waals surface area contributed by atoms with E-state index in [1.54, 1.807) is 0 Å². The second-order valence-electron chi connectivity index (χ2n) is 2.89. The van der Waals surface area contributed by atoms with Crippen LogP contribution in [0.25, 0.3) is 0 Å². The maximum Gasteiger partial charge on any atom is 0.157 e. The maximum atomic E-state index is 4.40. The Labute approximate surface area is 66.5 Å². The van der Waals surface area contributed by atoms with Gasteiger partial charge in [0.1, 0.15) is 0 Å². The second kappa shape index (κ2) is 3.28. The Kier molecular flexibility index (Phi) is 2.60. The third-order valence-electron chi connectivity index (χ3n) is 1.21. The topological polar surface area (TPSA) is 24.4 Å². The molecule has 0 fully saturated rings. The van der Waals surface area contributed by atoms with Crippen LogP contribution in [0.1, 0.15) is 20.8 Å². The first-order valence-corrected chi connectivity index (χ1v) is 4.64. The lowest BCUT2D eigenvalue weighted by Gasteiger charge is -2.06. The molecule has 3 heteroatoms. The molecule has 10 heavy (non-hydrogen) atoms. The zero-order valence-corrected chi connectivity index (χ0v) is 7.53. The summed E-state index contributed by atoms with van der Waals surface area (Å²) in [6.07, 6.45) is 0. The van der Waals surface area contributed by atoms with Crippen LogP contribution in [0, 0.1) is 0 Å². The molecule has 0 saturated carbocycles. The van der Waals surface area contributed by atoms with E-state index in [9.17, 15) is 0 Å². The van der Waals surface area contributed by atoms with Crippen LogP contribution in [0.4, 0.5) is 0 Å². The molecule has 58 valence electrons. The fourth-order valence-electron chi connectivity index (χ4n) is 0.800.